The van der Waals surface area contributed by atoms with Crippen molar-refractivity contribution in [1.29, 1.82) is 0 Å². The van der Waals surface area contributed by atoms with Gasteiger partial charge in [-0.25, -0.2) is 9.78 Å². The minimum atomic E-state index is -0.772. The van der Waals surface area contributed by atoms with Crippen LogP contribution in [-0.2, 0) is 14.5 Å². The fourth-order valence-electron chi connectivity index (χ4n) is 4.21. The van der Waals surface area contributed by atoms with Crippen molar-refractivity contribution >= 4 is 0 Å². The molecular weight excluding hydrogens is 272 g/mol. The van der Waals surface area contributed by atoms with Crippen molar-refractivity contribution in [3.63, 3.8) is 0 Å². The smallest absolute Gasteiger partial charge is 0.198 e. The van der Waals surface area contributed by atoms with Crippen LogP contribution in [0.5, 0.6) is 0 Å². The molecule has 2 N–H and O–H groups in total. The van der Waals surface area contributed by atoms with E-state index in [1.165, 1.54) is 0 Å². The molecule has 21 heavy (non-hydrogen) atoms. The molecular formula is C16H30O5. The molecule has 0 radical (unpaired) electrons. The van der Waals surface area contributed by atoms with Gasteiger partial charge in [-0.2, -0.15) is 0 Å². The summed E-state index contributed by atoms with van der Waals surface area (Å²) >= 11 is 0. The van der Waals surface area contributed by atoms with Crippen molar-refractivity contribution in [1.82, 2.24) is 0 Å². The molecule has 6 atom stereocenters. The summed E-state index contributed by atoms with van der Waals surface area (Å²) in [6.07, 6.45) is 3.66. The Kier molecular flexibility index (Phi) is 5.31. The zero-order valence-electron chi connectivity index (χ0n) is 13.7. The van der Waals surface area contributed by atoms with Gasteiger partial charge in [0.25, 0.3) is 0 Å². The first-order chi connectivity index (χ1) is 9.92. The van der Waals surface area contributed by atoms with Gasteiger partial charge in [0, 0.05) is 20.1 Å². The lowest BCUT2D eigenvalue weighted by atomic mass is 9.59. The van der Waals surface area contributed by atoms with E-state index >= 15 is 0 Å². The highest BCUT2D eigenvalue weighted by Gasteiger charge is 2.56. The van der Waals surface area contributed by atoms with E-state index in [1.54, 1.807) is 7.11 Å². The molecule has 0 aromatic carbocycles. The van der Waals surface area contributed by atoms with Gasteiger partial charge in [0.2, 0.25) is 0 Å². The van der Waals surface area contributed by atoms with Crippen LogP contribution in [0.4, 0.5) is 0 Å². The van der Waals surface area contributed by atoms with Gasteiger partial charge in [0.05, 0.1) is 6.61 Å². The Morgan fingerprint density at radius 2 is 1.95 bits per heavy atom. The lowest BCUT2D eigenvalue weighted by molar-refractivity contribution is -0.470. The second kappa shape index (κ2) is 6.50. The summed E-state index contributed by atoms with van der Waals surface area (Å²) in [6, 6.07) is 0. The van der Waals surface area contributed by atoms with E-state index in [2.05, 4.69) is 6.92 Å². The van der Waals surface area contributed by atoms with Crippen LogP contribution in [-0.4, -0.2) is 41.9 Å². The van der Waals surface area contributed by atoms with Crippen molar-refractivity contribution < 1.29 is 24.7 Å². The minimum absolute atomic E-state index is 0.0719. The van der Waals surface area contributed by atoms with Gasteiger partial charge in [0.1, 0.15) is 5.60 Å². The summed E-state index contributed by atoms with van der Waals surface area (Å²) in [4.78, 5) is 11.5. The van der Waals surface area contributed by atoms with Crippen molar-refractivity contribution in [2.75, 3.05) is 20.3 Å². The second-order valence-electron chi connectivity index (χ2n) is 7.08. The Hall–Kier alpha value is -0.200. The molecule has 5 nitrogen and oxygen atoms in total. The van der Waals surface area contributed by atoms with Crippen molar-refractivity contribution in [2.45, 2.75) is 57.8 Å². The van der Waals surface area contributed by atoms with Gasteiger partial charge in [-0.05, 0) is 49.9 Å². The fourth-order valence-corrected chi connectivity index (χ4v) is 4.21. The minimum Gasteiger partial charge on any atom is -0.396 e. The van der Waals surface area contributed by atoms with Gasteiger partial charge in [0.15, 0.2) is 5.79 Å². The number of hydrogen-bond donors (Lipinski definition) is 2. The standard InChI is InChI=1S/C16H30O5/c1-11-5-6-13(12(2)9-17)16(10-18)14(11)7-8-15(3,19-4)20-21-16/h11-14,17-18H,5-10H2,1-4H3/t11-,12+,13?,14?,15-,16+/m1/s1. The number of rotatable bonds is 4. The predicted octanol–water partition coefficient (Wildman–Crippen LogP) is 2.11. The van der Waals surface area contributed by atoms with E-state index in [1.807, 2.05) is 13.8 Å². The predicted molar refractivity (Wildman–Crippen MR) is 78.3 cm³/mol. The van der Waals surface area contributed by atoms with Crippen LogP contribution in [0.15, 0.2) is 0 Å². The molecule has 1 heterocycles. The molecule has 124 valence electrons. The zero-order valence-corrected chi connectivity index (χ0v) is 13.7. The van der Waals surface area contributed by atoms with Gasteiger partial charge in [-0.3, -0.25) is 0 Å². The van der Waals surface area contributed by atoms with Crippen LogP contribution >= 0.6 is 0 Å². The average Bonchev–Trinajstić information content (AvgIpc) is 2.66. The first kappa shape index (κ1) is 17.2. The molecule has 0 spiro atoms. The Morgan fingerprint density at radius 3 is 2.52 bits per heavy atom. The van der Waals surface area contributed by atoms with Crippen LogP contribution in [0.1, 0.15) is 46.5 Å². The average molecular weight is 302 g/mol. The molecule has 0 aromatic rings. The van der Waals surface area contributed by atoms with Gasteiger partial charge in [-0.1, -0.05) is 13.8 Å². The third-order valence-corrected chi connectivity index (χ3v) is 5.81. The summed E-state index contributed by atoms with van der Waals surface area (Å²) < 4.78 is 5.43. The number of hydrogen-bond acceptors (Lipinski definition) is 5. The maximum atomic E-state index is 10.2. The summed E-state index contributed by atoms with van der Waals surface area (Å²) in [7, 11) is 1.61. The normalized spacial score (nSPS) is 45.7. The van der Waals surface area contributed by atoms with E-state index in [9.17, 15) is 10.2 Å². The van der Waals surface area contributed by atoms with E-state index in [0.717, 1.165) is 25.7 Å². The van der Waals surface area contributed by atoms with Crippen LogP contribution in [0.3, 0.4) is 0 Å². The Labute approximate surface area is 127 Å². The highest BCUT2D eigenvalue weighted by Crippen LogP contribution is 2.51. The molecule has 5 heteroatoms. The fraction of sp³-hybridized carbons (Fsp3) is 1.00. The lowest BCUT2D eigenvalue weighted by Gasteiger charge is -2.50. The van der Waals surface area contributed by atoms with Crippen LogP contribution in [0.25, 0.3) is 0 Å². The van der Waals surface area contributed by atoms with Crippen molar-refractivity contribution in [3.8, 4) is 0 Å². The molecule has 2 fully saturated rings. The van der Waals surface area contributed by atoms with Gasteiger partial charge in [-0.15, -0.1) is 0 Å². The molecule has 2 rings (SSSR count). The number of fused-ring (bicyclic) bond motifs is 1. The third kappa shape index (κ3) is 2.99. The SMILES string of the molecule is CO[C@@]1(C)CCC2[C@H](C)CCC([C@@H](C)CO)[C@]2(CO)OO1. The highest BCUT2D eigenvalue weighted by atomic mass is 17.2. The Morgan fingerprint density at radius 1 is 1.24 bits per heavy atom. The number of ether oxygens (including phenoxy) is 1. The van der Waals surface area contributed by atoms with E-state index in [-0.39, 0.29) is 31.0 Å². The van der Waals surface area contributed by atoms with Gasteiger partial charge < -0.3 is 14.9 Å². The van der Waals surface area contributed by atoms with E-state index in [4.69, 9.17) is 14.5 Å². The number of aliphatic hydroxyl groups excluding tert-OH is 2. The summed E-state index contributed by atoms with van der Waals surface area (Å²) in [5.74, 6) is 0.0663. The topological polar surface area (TPSA) is 68.2 Å². The van der Waals surface area contributed by atoms with Crippen LogP contribution in [0, 0.1) is 23.7 Å². The third-order valence-electron chi connectivity index (χ3n) is 5.81. The number of methoxy groups -OCH3 is 1. The summed E-state index contributed by atoms with van der Waals surface area (Å²) in [5, 5.41) is 19.7. The zero-order chi connectivity index (χ0) is 15.7. The van der Waals surface area contributed by atoms with Crippen LogP contribution in [0.2, 0.25) is 0 Å². The molecule has 0 aromatic heterocycles. The first-order valence-corrected chi connectivity index (χ1v) is 8.06. The van der Waals surface area contributed by atoms with E-state index in [0.29, 0.717) is 5.92 Å². The molecule has 1 saturated heterocycles. The Bertz CT molecular complexity index is 350. The molecule has 1 aliphatic carbocycles. The maximum absolute atomic E-state index is 10.2. The van der Waals surface area contributed by atoms with Crippen LogP contribution < -0.4 is 0 Å². The Balaban J connectivity index is 2.34. The quantitative estimate of drug-likeness (QED) is 0.779. The highest BCUT2D eigenvalue weighted by molar-refractivity contribution is 5.01. The van der Waals surface area contributed by atoms with Crippen molar-refractivity contribution in [2.24, 2.45) is 23.7 Å². The second-order valence-corrected chi connectivity index (χ2v) is 7.08. The lowest BCUT2D eigenvalue weighted by Crippen LogP contribution is -2.57. The van der Waals surface area contributed by atoms with E-state index < -0.39 is 11.4 Å². The molecule has 1 saturated carbocycles. The summed E-state index contributed by atoms with van der Waals surface area (Å²) in [5.41, 5.74) is -0.740. The largest absolute Gasteiger partial charge is 0.396 e. The molecule has 1 aliphatic heterocycles. The molecule has 2 aliphatic rings. The molecule has 0 amide bonds. The molecule has 0 bridgehead atoms. The monoisotopic (exact) mass is 302 g/mol. The number of aliphatic hydroxyl groups is 2. The summed E-state index contributed by atoms with van der Waals surface area (Å²) in [6.45, 7) is 6.10. The van der Waals surface area contributed by atoms with Gasteiger partial charge >= 0.3 is 0 Å². The maximum Gasteiger partial charge on any atom is 0.198 e. The molecule has 2 unspecified atom stereocenters. The van der Waals surface area contributed by atoms with Crippen molar-refractivity contribution in [3.05, 3.63) is 0 Å². The first-order valence-electron chi connectivity index (χ1n) is 8.06.